The summed E-state index contributed by atoms with van der Waals surface area (Å²) < 4.78 is 13.0. The van der Waals surface area contributed by atoms with Crippen molar-refractivity contribution in [2.75, 3.05) is 6.54 Å². The Morgan fingerprint density at radius 3 is 2.68 bits per heavy atom. The van der Waals surface area contributed by atoms with Gasteiger partial charge in [0.1, 0.15) is 11.6 Å². The number of nitrogens with zero attached hydrogens (tertiary/aromatic N) is 1. The standard InChI is InChI=1S/C15H20FNO2/c1-10(2)7-8-17(12-4-5-12)15(19)13-6-3-11(16)9-14(13)18/h3,6,9-10,12,18H,4-5,7-8H2,1-2H3. The summed E-state index contributed by atoms with van der Waals surface area (Å²) in [7, 11) is 0. The van der Waals surface area contributed by atoms with Crippen LogP contribution in [0.3, 0.4) is 0 Å². The Hall–Kier alpha value is -1.58. The van der Waals surface area contributed by atoms with Gasteiger partial charge in [0.05, 0.1) is 5.56 Å². The first-order valence-electron chi connectivity index (χ1n) is 6.78. The van der Waals surface area contributed by atoms with Crippen LogP contribution in [0, 0.1) is 11.7 Å². The molecule has 104 valence electrons. The van der Waals surface area contributed by atoms with E-state index < -0.39 is 5.82 Å². The van der Waals surface area contributed by atoms with E-state index in [2.05, 4.69) is 13.8 Å². The van der Waals surface area contributed by atoms with E-state index in [-0.39, 0.29) is 23.3 Å². The molecule has 2 rings (SSSR count). The lowest BCUT2D eigenvalue weighted by molar-refractivity contribution is 0.0732. The number of hydrogen-bond donors (Lipinski definition) is 1. The molecular weight excluding hydrogens is 245 g/mol. The van der Waals surface area contributed by atoms with E-state index in [9.17, 15) is 14.3 Å². The maximum absolute atomic E-state index is 13.0. The van der Waals surface area contributed by atoms with E-state index in [0.29, 0.717) is 12.5 Å². The first-order chi connectivity index (χ1) is 8.99. The predicted octanol–water partition coefficient (Wildman–Crippen LogP) is 3.18. The number of carbonyl (C=O) groups excluding carboxylic acids is 1. The van der Waals surface area contributed by atoms with E-state index in [1.54, 1.807) is 0 Å². The number of phenolic OH excluding ortho intramolecular Hbond substituents is 1. The van der Waals surface area contributed by atoms with Crippen LogP contribution in [-0.4, -0.2) is 28.5 Å². The smallest absolute Gasteiger partial charge is 0.257 e. The van der Waals surface area contributed by atoms with Crippen molar-refractivity contribution in [3.63, 3.8) is 0 Å². The highest BCUT2D eigenvalue weighted by Gasteiger charge is 2.33. The first kappa shape index (κ1) is 13.8. The zero-order chi connectivity index (χ0) is 14.0. The zero-order valence-electron chi connectivity index (χ0n) is 11.4. The predicted molar refractivity (Wildman–Crippen MR) is 71.6 cm³/mol. The molecule has 0 atom stereocenters. The van der Waals surface area contributed by atoms with Gasteiger partial charge < -0.3 is 10.0 Å². The molecule has 0 bridgehead atoms. The van der Waals surface area contributed by atoms with E-state index in [0.717, 1.165) is 25.3 Å². The number of halogens is 1. The van der Waals surface area contributed by atoms with Crippen LogP contribution in [0.25, 0.3) is 0 Å². The number of phenols is 1. The van der Waals surface area contributed by atoms with Crippen molar-refractivity contribution in [2.45, 2.75) is 39.2 Å². The van der Waals surface area contributed by atoms with Crippen molar-refractivity contribution in [1.82, 2.24) is 4.90 Å². The molecule has 19 heavy (non-hydrogen) atoms. The third kappa shape index (κ3) is 3.46. The third-order valence-corrected chi connectivity index (χ3v) is 3.39. The topological polar surface area (TPSA) is 40.5 Å². The van der Waals surface area contributed by atoms with Crippen LogP contribution in [0.5, 0.6) is 5.75 Å². The van der Waals surface area contributed by atoms with Crippen molar-refractivity contribution in [1.29, 1.82) is 0 Å². The van der Waals surface area contributed by atoms with E-state index in [1.165, 1.54) is 12.1 Å². The van der Waals surface area contributed by atoms with E-state index in [1.807, 2.05) is 4.90 Å². The summed E-state index contributed by atoms with van der Waals surface area (Å²) in [4.78, 5) is 14.2. The molecule has 1 aromatic rings. The molecule has 1 saturated carbocycles. The average molecular weight is 265 g/mol. The maximum Gasteiger partial charge on any atom is 0.257 e. The van der Waals surface area contributed by atoms with E-state index in [4.69, 9.17) is 0 Å². The maximum atomic E-state index is 13.0. The molecule has 0 heterocycles. The molecule has 1 aliphatic carbocycles. The second kappa shape index (κ2) is 5.59. The summed E-state index contributed by atoms with van der Waals surface area (Å²) in [5, 5.41) is 9.70. The molecule has 0 aliphatic heterocycles. The van der Waals surface area contributed by atoms with Crippen molar-refractivity contribution >= 4 is 5.91 Å². The fraction of sp³-hybridized carbons (Fsp3) is 0.533. The van der Waals surface area contributed by atoms with Crippen LogP contribution in [0.15, 0.2) is 18.2 Å². The molecule has 1 amide bonds. The van der Waals surface area contributed by atoms with E-state index >= 15 is 0 Å². The summed E-state index contributed by atoms with van der Waals surface area (Å²) in [5.74, 6) is -0.481. The Bertz CT molecular complexity index is 469. The highest BCUT2D eigenvalue weighted by atomic mass is 19.1. The quantitative estimate of drug-likeness (QED) is 0.888. The Morgan fingerprint density at radius 2 is 2.16 bits per heavy atom. The number of benzene rings is 1. The van der Waals surface area contributed by atoms with Crippen molar-refractivity contribution < 1.29 is 14.3 Å². The molecule has 1 aromatic carbocycles. The molecule has 0 spiro atoms. The van der Waals surface area contributed by atoms with Gasteiger partial charge in [0.15, 0.2) is 0 Å². The van der Waals surface area contributed by atoms with Gasteiger partial charge in [-0.2, -0.15) is 0 Å². The highest BCUT2D eigenvalue weighted by Crippen LogP contribution is 2.30. The van der Waals surface area contributed by atoms with Gasteiger partial charge in [-0.05, 0) is 37.3 Å². The van der Waals surface area contributed by atoms with Gasteiger partial charge in [-0.3, -0.25) is 4.79 Å². The normalized spacial score (nSPS) is 14.7. The fourth-order valence-electron chi connectivity index (χ4n) is 2.07. The minimum absolute atomic E-state index is 0.192. The average Bonchev–Trinajstić information content (AvgIpc) is 3.13. The van der Waals surface area contributed by atoms with Gasteiger partial charge in [-0.15, -0.1) is 0 Å². The zero-order valence-corrected chi connectivity index (χ0v) is 11.4. The SMILES string of the molecule is CC(C)CCN(C(=O)c1ccc(F)cc1O)C1CC1. The summed E-state index contributed by atoms with van der Waals surface area (Å²) >= 11 is 0. The van der Waals surface area contributed by atoms with Crippen LogP contribution in [0.2, 0.25) is 0 Å². The fourth-order valence-corrected chi connectivity index (χ4v) is 2.07. The first-order valence-corrected chi connectivity index (χ1v) is 6.78. The van der Waals surface area contributed by atoms with Gasteiger partial charge in [-0.1, -0.05) is 13.8 Å². The molecule has 1 fully saturated rings. The molecule has 0 saturated heterocycles. The Balaban J connectivity index is 2.14. The molecule has 3 nitrogen and oxygen atoms in total. The van der Waals surface area contributed by atoms with Gasteiger partial charge in [0.2, 0.25) is 0 Å². The lowest BCUT2D eigenvalue weighted by atomic mass is 10.1. The van der Waals surface area contributed by atoms with Crippen LogP contribution < -0.4 is 0 Å². The third-order valence-electron chi connectivity index (χ3n) is 3.39. The summed E-state index contributed by atoms with van der Waals surface area (Å²) in [6, 6.07) is 3.84. The second-order valence-corrected chi connectivity index (χ2v) is 5.57. The van der Waals surface area contributed by atoms with Gasteiger partial charge >= 0.3 is 0 Å². The van der Waals surface area contributed by atoms with Crippen molar-refractivity contribution in [3.8, 4) is 5.75 Å². The van der Waals surface area contributed by atoms with Crippen LogP contribution in [0.4, 0.5) is 4.39 Å². The van der Waals surface area contributed by atoms with Crippen LogP contribution in [0.1, 0.15) is 43.5 Å². The lowest BCUT2D eigenvalue weighted by Crippen LogP contribution is -2.34. The minimum Gasteiger partial charge on any atom is -0.507 e. The van der Waals surface area contributed by atoms with Gasteiger partial charge in [0, 0.05) is 18.7 Å². The van der Waals surface area contributed by atoms with Crippen LogP contribution >= 0.6 is 0 Å². The second-order valence-electron chi connectivity index (χ2n) is 5.57. The van der Waals surface area contributed by atoms with Crippen LogP contribution in [-0.2, 0) is 0 Å². The molecule has 1 aliphatic rings. The number of hydrogen-bond acceptors (Lipinski definition) is 2. The molecule has 4 heteroatoms. The lowest BCUT2D eigenvalue weighted by Gasteiger charge is -2.23. The summed E-state index contributed by atoms with van der Waals surface area (Å²) in [6.45, 7) is 4.92. The molecule has 0 unspecified atom stereocenters. The summed E-state index contributed by atoms with van der Waals surface area (Å²) in [5.41, 5.74) is 0.192. The Morgan fingerprint density at radius 1 is 1.47 bits per heavy atom. The molecule has 0 radical (unpaired) electrons. The number of carbonyl (C=O) groups is 1. The largest absolute Gasteiger partial charge is 0.507 e. The Kier molecular flexibility index (Phi) is 4.08. The summed E-state index contributed by atoms with van der Waals surface area (Å²) in [6.07, 6.45) is 2.97. The highest BCUT2D eigenvalue weighted by molar-refractivity contribution is 5.97. The Labute approximate surface area is 113 Å². The van der Waals surface area contributed by atoms with Crippen molar-refractivity contribution in [3.05, 3.63) is 29.6 Å². The van der Waals surface area contributed by atoms with Crippen molar-refractivity contribution in [2.24, 2.45) is 5.92 Å². The molecule has 1 N–H and O–H groups in total. The monoisotopic (exact) mass is 265 g/mol. The van der Waals surface area contributed by atoms with Gasteiger partial charge in [0.25, 0.3) is 5.91 Å². The number of aromatic hydroxyl groups is 1. The molecular formula is C15H20FNO2. The molecule has 0 aromatic heterocycles. The minimum atomic E-state index is -0.533. The number of amides is 1. The number of rotatable bonds is 5. The van der Waals surface area contributed by atoms with Gasteiger partial charge in [-0.25, -0.2) is 4.39 Å².